The van der Waals surface area contributed by atoms with Gasteiger partial charge in [-0.2, -0.15) is 0 Å². The summed E-state index contributed by atoms with van der Waals surface area (Å²) in [6.45, 7) is 4.25. The standard InChI is InChI=1S/C20H18O/c1-14-15(2)18(19-10-6-7-11-20(19)21)13-12-17(14)16-8-4-3-5-9-16/h3-13,21H,1-2H3. The molecule has 3 aromatic rings. The number of rotatable bonds is 2. The molecular weight excluding hydrogens is 256 g/mol. The Balaban J connectivity index is 2.16. The lowest BCUT2D eigenvalue weighted by Crippen LogP contribution is -1.92. The molecule has 1 heteroatoms. The van der Waals surface area contributed by atoms with Crippen molar-refractivity contribution < 1.29 is 5.11 Å². The topological polar surface area (TPSA) is 20.2 Å². The Morgan fingerprint density at radius 3 is 1.86 bits per heavy atom. The van der Waals surface area contributed by atoms with E-state index in [1.165, 1.54) is 22.3 Å². The van der Waals surface area contributed by atoms with Gasteiger partial charge < -0.3 is 5.11 Å². The van der Waals surface area contributed by atoms with Crippen LogP contribution in [0.1, 0.15) is 11.1 Å². The van der Waals surface area contributed by atoms with Crippen LogP contribution < -0.4 is 0 Å². The molecule has 0 amide bonds. The number of hydrogen-bond acceptors (Lipinski definition) is 1. The zero-order valence-electron chi connectivity index (χ0n) is 12.3. The average Bonchev–Trinajstić information content (AvgIpc) is 2.52. The maximum atomic E-state index is 10.1. The van der Waals surface area contributed by atoms with Crippen molar-refractivity contribution in [2.75, 3.05) is 0 Å². The quantitative estimate of drug-likeness (QED) is 0.668. The van der Waals surface area contributed by atoms with Crippen LogP contribution in [0.2, 0.25) is 0 Å². The molecule has 3 rings (SSSR count). The maximum absolute atomic E-state index is 10.1. The van der Waals surface area contributed by atoms with Gasteiger partial charge in [0, 0.05) is 5.56 Å². The second kappa shape index (κ2) is 5.45. The minimum Gasteiger partial charge on any atom is -0.507 e. The highest BCUT2D eigenvalue weighted by atomic mass is 16.3. The van der Waals surface area contributed by atoms with E-state index in [0.717, 1.165) is 11.1 Å². The Hall–Kier alpha value is -2.54. The molecule has 0 aliphatic heterocycles. The molecule has 1 nitrogen and oxygen atoms in total. The summed E-state index contributed by atoms with van der Waals surface area (Å²) in [5, 5.41) is 10.1. The van der Waals surface area contributed by atoms with E-state index in [0.29, 0.717) is 5.75 Å². The highest BCUT2D eigenvalue weighted by Crippen LogP contribution is 2.36. The van der Waals surface area contributed by atoms with Gasteiger partial charge in [-0.1, -0.05) is 60.7 Å². The number of benzene rings is 3. The molecule has 21 heavy (non-hydrogen) atoms. The lowest BCUT2D eigenvalue weighted by Gasteiger charge is -2.15. The molecule has 0 aliphatic carbocycles. The molecule has 0 aromatic heterocycles. The van der Waals surface area contributed by atoms with Crippen LogP contribution in [0.15, 0.2) is 66.7 Å². The predicted octanol–water partition coefficient (Wildman–Crippen LogP) is 5.34. The van der Waals surface area contributed by atoms with E-state index in [9.17, 15) is 5.11 Å². The summed E-state index contributed by atoms with van der Waals surface area (Å²) in [7, 11) is 0. The summed E-state index contributed by atoms with van der Waals surface area (Å²) >= 11 is 0. The SMILES string of the molecule is Cc1c(-c2ccccc2)ccc(-c2ccccc2O)c1C. The average molecular weight is 274 g/mol. The van der Waals surface area contributed by atoms with Gasteiger partial charge in [0.15, 0.2) is 0 Å². The molecule has 0 unspecified atom stereocenters. The van der Waals surface area contributed by atoms with Crippen LogP contribution in [0, 0.1) is 13.8 Å². The monoisotopic (exact) mass is 274 g/mol. The summed E-state index contributed by atoms with van der Waals surface area (Å²) < 4.78 is 0. The molecular formula is C20H18O. The molecule has 0 fully saturated rings. The first-order valence-corrected chi connectivity index (χ1v) is 7.12. The van der Waals surface area contributed by atoms with Crippen molar-refractivity contribution in [2.24, 2.45) is 0 Å². The van der Waals surface area contributed by atoms with E-state index in [4.69, 9.17) is 0 Å². The van der Waals surface area contributed by atoms with E-state index in [1.54, 1.807) is 6.07 Å². The van der Waals surface area contributed by atoms with Gasteiger partial charge in [0.25, 0.3) is 0 Å². The largest absolute Gasteiger partial charge is 0.507 e. The summed E-state index contributed by atoms with van der Waals surface area (Å²) in [6, 6.07) is 22.1. The van der Waals surface area contributed by atoms with Crippen molar-refractivity contribution in [3.8, 4) is 28.0 Å². The zero-order valence-corrected chi connectivity index (χ0v) is 12.3. The van der Waals surface area contributed by atoms with Crippen LogP contribution in [0.25, 0.3) is 22.3 Å². The van der Waals surface area contributed by atoms with E-state index in [2.05, 4.69) is 50.2 Å². The number of hydrogen-bond donors (Lipinski definition) is 1. The lowest BCUT2D eigenvalue weighted by molar-refractivity contribution is 0.477. The van der Waals surface area contributed by atoms with E-state index in [-0.39, 0.29) is 0 Å². The van der Waals surface area contributed by atoms with Crippen molar-refractivity contribution in [2.45, 2.75) is 13.8 Å². The van der Waals surface area contributed by atoms with Crippen LogP contribution >= 0.6 is 0 Å². The summed E-state index contributed by atoms with van der Waals surface area (Å²) in [5.41, 5.74) is 6.90. The van der Waals surface area contributed by atoms with Crippen LogP contribution in [0.3, 0.4) is 0 Å². The number of phenolic OH excluding ortho intramolecular Hbond substituents is 1. The van der Waals surface area contributed by atoms with E-state index < -0.39 is 0 Å². The second-order valence-electron chi connectivity index (χ2n) is 5.29. The van der Waals surface area contributed by atoms with Gasteiger partial charge in [0.05, 0.1) is 0 Å². The van der Waals surface area contributed by atoms with Gasteiger partial charge in [-0.3, -0.25) is 0 Å². The minimum atomic E-state index is 0.326. The molecule has 0 spiro atoms. The van der Waals surface area contributed by atoms with Gasteiger partial charge in [-0.15, -0.1) is 0 Å². The first-order chi connectivity index (χ1) is 10.2. The first kappa shape index (κ1) is 13.4. The predicted molar refractivity (Wildman–Crippen MR) is 88.5 cm³/mol. The van der Waals surface area contributed by atoms with Crippen LogP contribution in [-0.4, -0.2) is 5.11 Å². The molecule has 0 radical (unpaired) electrons. The third kappa shape index (κ3) is 2.43. The smallest absolute Gasteiger partial charge is 0.123 e. The van der Waals surface area contributed by atoms with Crippen LogP contribution in [0.4, 0.5) is 0 Å². The fourth-order valence-electron chi connectivity index (χ4n) is 2.74. The lowest BCUT2D eigenvalue weighted by atomic mass is 9.90. The third-order valence-electron chi connectivity index (χ3n) is 4.07. The Bertz CT molecular complexity index is 773. The highest BCUT2D eigenvalue weighted by Gasteiger charge is 2.11. The number of aromatic hydroxyl groups is 1. The first-order valence-electron chi connectivity index (χ1n) is 7.12. The normalized spacial score (nSPS) is 10.6. The second-order valence-corrected chi connectivity index (χ2v) is 5.29. The van der Waals surface area contributed by atoms with Crippen LogP contribution in [-0.2, 0) is 0 Å². The molecule has 104 valence electrons. The fourth-order valence-corrected chi connectivity index (χ4v) is 2.74. The van der Waals surface area contributed by atoms with Gasteiger partial charge in [0.1, 0.15) is 5.75 Å². The zero-order chi connectivity index (χ0) is 14.8. The summed E-state index contributed by atoms with van der Waals surface area (Å²) in [6.07, 6.45) is 0. The van der Waals surface area contributed by atoms with Crippen LogP contribution in [0.5, 0.6) is 5.75 Å². The molecule has 0 bridgehead atoms. The molecule has 1 N–H and O–H groups in total. The molecule has 3 aromatic carbocycles. The number of para-hydroxylation sites is 1. The molecule has 0 saturated carbocycles. The molecule has 0 heterocycles. The number of phenols is 1. The third-order valence-corrected chi connectivity index (χ3v) is 4.07. The van der Waals surface area contributed by atoms with E-state index in [1.807, 2.05) is 24.3 Å². The van der Waals surface area contributed by atoms with Gasteiger partial charge in [-0.05, 0) is 47.7 Å². The van der Waals surface area contributed by atoms with Gasteiger partial charge >= 0.3 is 0 Å². The Kier molecular flexibility index (Phi) is 3.49. The molecule has 0 atom stereocenters. The Labute approximate surface area is 125 Å². The molecule has 0 saturated heterocycles. The van der Waals surface area contributed by atoms with Crippen molar-refractivity contribution >= 4 is 0 Å². The van der Waals surface area contributed by atoms with Gasteiger partial charge in [0.2, 0.25) is 0 Å². The van der Waals surface area contributed by atoms with E-state index >= 15 is 0 Å². The van der Waals surface area contributed by atoms with Gasteiger partial charge in [-0.25, -0.2) is 0 Å². The maximum Gasteiger partial charge on any atom is 0.123 e. The summed E-state index contributed by atoms with van der Waals surface area (Å²) in [4.78, 5) is 0. The Morgan fingerprint density at radius 1 is 0.571 bits per heavy atom. The Morgan fingerprint density at radius 2 is 1.14 bits per heavy atom. The van der Waals surface area contributed by atoms with Crippen molar-refractivity contribution in [1.29, 1.82) is 0 Å². The fraction of sp³-hybridized carbons (Fsp3) is 0.100. The highest BCUT2D eigenvalue weighted by molar-refractivity contribution is 5.79. The minimum absolute atomic E-state index is 0.326. The molecule has 0 aliphatic rings. The summed E-state index contributed by atoms with van der Waals surface area (Å²) in [5.74, 6) is 0.326. The van der Waals surface area contributed by atoms with Crippen molar-refractivity contribution in [3.63, 3.8) is 0 Å². The van der Waals surface area contributed by atoms with Crippen molar-refractivity contribution in [1.82, 2.24) is 0 Å². The van der Waals surface area contributed by atoms with Crippen molar-refractivity contribution in [3.05, 3.63) is 77.9 Å².